The van der Waals surface area contributed by atoms with Crippen LogP contribution < -0.4 is 14.4 Å². The highest BCUT2D eigenvalue weighted by Crippen LogP contribution is 2.30. The molecule has 202 valence electrons. The fourth-order valence-electron chi connectivity index (χ4n) is 4.58. The molecular weight excluding hydrogens is 490 g/mol. The van der Waals surface area contributed by atoms with Crippen LogP contribution in [0.5, 0.6) is 5.75 Å². The normalized spacial score (nSPS) is 15.0. The van der Waals surface area contributed by atoms with Gasteiger partial charge in [0.05, 0.1) is 18.6 Å². The number of ether oxygens (including phenoxy) is 1. The molecule has 0 aliphatic heterocycles. The van der Waals surface area contributed by atoms with Crippen LogP contribution in [0.3, 0.4) is 0 Å². The van der Waals surface area contributed by atoms with Gasteiger partial charge in [-0.1, -0.05) is 61.2 Å². The van der Waals surface area contributed by atoms with E-state index >= 15 is 0 Å². The molecule has 8 nitrogen and oxygen atoms in total. The zero-order valence-electron chi connectivity index (χ0n) is 22.3. The smallest absolute Gasteiger partial charge is 0.244 e. The quantitative estimate of drug-likeness (QED) is 0.474. The number of anilines is 1. The number of carbonyl (C=O) groups excluding carboxylic acids is 2. The molecule has 0 aromatic heterocycles. The molecule has 2 aromatic rings. The first kappa shape index (κ1) is 28.5. The van der Waals surface area contributed by atoms with E-state index in [2.05, 4.69) is 5.32 Å². The number of amides is 2. The first-order valence-corrected chi connectivity index (χ1v) is 14.8. The van der Waals surface area contributed by atoms with Crippen LogP contribution in [-0.4, -0.2) is 56.6 Å². The number of aryl methyl sites for hydroxylation is 1. The molecule has 0 radical (unpaired) electrons. The molecule has 3 rings (SSSR count). The van der Waals surface area contributed by atoms with Gasteiger partial charge in [0.15, 0.2) is 0 Å². The topological polar surface area (TPSA) is 96.0 Å². The lowest BCUT2D eigenvalue weighted by Gasteiger charge is -2.33. The van der Waals surface area contributed by atoms with E-state index in [4.69, 9.17) is 4.74 Å². The third-order valence-electron chi connectivity index (χ3n) is 6.71. The summed E-state index contributed by atoms with van der Waals surface area (Å²) < 4.78 is 32.3. The Labute approximate surface area is 221 Å². The maximum Gasteiger partial charge on any atom is 0.244 e. The first-order valence-electron chi connectivity index (χ1n) is 12.9. The van der Waals surface area contributed by atoms with E-state index in [0.717, 1.165) is 47.4 Å². The SMILES string of the molecule is CCOc1ccccc1N(CC(=O)N(Cc1ccc(C)cc1)[C@H](C)C(=O)NC1CCCCC1)S(C)(=O)=O. The standard InChI is InChI=1S/C28H39N3O5S/c1-5-36-26-14-10-9-13-25(26)31(37(4,34)35)20-27(32)30(19-23-17-15-21(2)16-18-23)22(3)28(33)29-24-11-7-6-8-12-24/h9-10,13-18,22,24H,5-8,11-12,19-20H2,1-4H3,(H,29,33)/t22-/m1/s1. The molecule has 2 amide bonds. The molecule has 0 bridgehead atoms. The number of nitrogens with zero attached hydrogens (tertiary/aromatic N) is 2. The summed E-state index contributed by atoms with van der Waals surface area (Å²) in [6.45, 7) is 5.57. The second-order valence-corrected chi connectivity index (χ2v) is 11.6. The molecule has 0 spiro atoms. The van der Waals surface area contributed by atoms with E-state index < -0.39 is 28.5 Å². The van der Waals surface area contributed by atoms with Crippen LogP contribution in [0.4, 0.5) is 5.69 Å². The van der Waals surface area contributed by atoms with E-state index in [9.17, 15) is 18.0 Å². The van der Waals surface area contributed by atoms with Crippen LogP contribution in [0.2, 0.25) is 0 Å². The number of rotatable bonds is 11. The molecule has 1 aliphatic rings. The van der Waals surface area contributed by atoms with Crippen molar-refractivity contribution in [1.29, 1.82) is 0 Å². The summed E-state index contributed by atoms with van der Waals surface area (Å²) in [5, 5.41) is 3.11. The zero-order chi connectivity index (χ0) is 27.0. The predicted molar refractivity (Wildman–Crippen MR) is 146 cm³/mol. The van der Waals surface area contributed by atoms with Crippen LogP contribution in [0.1, 0.15) is 57.1 Å². The van der Waals surface area contributed by atoms with Gasteiger partial charge in [-0.2, -0.15) is 0 Å². The summed E-state index contributed by atoms with van der Waals surface area (Å²) in [5.41, 5.74) is 2.23. The number of carbonyl (C=O) groups is 2. The monoisotopic (exact) mass is 529 g/mol. The Kier molecular flexibility index (Phi) is 9.97. The van der Waals surface area contributed by atoms with Crippen LogP contribution >= 0.6 is 0 Å². The highest BCUT2D eigenvalue weighted by Gasteiger charge is 2.32. The van der Waals surface area contributed by atoms with E-state index in [1.165, 1.54) is 11.3 Å². The van der Waals surface area contributed by atoms with Crippen LogP contribution in [0, 0.1) is 6.92 Å². The summed E-state index contributed by atoms with van der Waals surface area (Å²) in [7, 11) is -3.83. The number of nitrogens with one attached hydrogen (secondary N) is 1. The lowest BCUT2D eigenvalue weighted by Crippen LogP contribution is -2.53. The maximum atomic E-state index is 13.8. The minimum Gasteiger partial charge on any atom is -0.492 e. The molecule has 37 heavy (non-hydrogen) atoms. The van der Waals surface area contributed by atoms with Gasteiger partial charge < -0.3 is 15.0 Å². The Hall–Kier alpha value is -3.07. The van der Waals surface area contributed by atoms with Crippen LogP contribution in [0.15, 0.2) is 48.5 Å². The van der Waals surface area contributed by atoms with Crippen molar-refractivity contribution >= 4 is 27.5 Å². The van der Waals surface area contributed by atoms with Crippen molar-refractivity contribution < 1.29 is 22.7 Å². The number of para-hydroxylation sites is 2. The van der Waals surface area contributed by atoms with E-state index in [-0.39, 0.29) is 24.2 Å². The molecule has 9 heteroatoms. The molecule has 1 N–H and O–H groups in total. The van der Waals surface area contributed by atoms with Crippen molar-refractivity contribution in [3.8, 4) is 5.75 Å². The fraction of sp³-hybridized carbons (Fsp3) is 0.500. The summed E-state index contributed by atoms with van der Waals surface area (Å²) in [4.78, 5) is 28.5. The van der Waals surface area contributed by atoms with Gasteiger partial charge in [-0.25, -0.2) is 8.42 Å². The number of sulfonamides is 1. The Morgan fingerprint density at radius 3 is 2.32 bits per heavy atom. The predicted octanol–water partition coefficient (Wildman–Crippen LogP) is 4.03. The van der Waals surface area contributed by atoms with Gasteiger partial charge in [-0.05, 0) is 51.3 Å². The van der Waals surface area contributed by atoms with E-state index in [1.807, 2.05) is 38.1 Å². The molecule has 1 fully saturated rings. The van der Waals surface area contributed by atoms with Crippen molar-refractivity contribution in [3.63, 3.8) is 0 Å². The molecule has 1 saturated carbocycles. The van der Waals surface area contributed by atoms with Gasteiger partial charge >= 0.3 is 0 Å². The van der Waals surface area contributed by atoms with Gasteiger partial charge in [-0.15, -0.1) is 0 Å². The van der Waals surface area contributed by atoms with Gasteiger partial charge in [-0.3, -0.25) is 13.9 Å². The summed E-state index contributed by atoms with van der Waals surface area (Å²) in [6, 6.07) is 13.8. The molecule has 0 saturated heterocycles. The number of benzene rings is 2. The largest absolute Gasteiger partial charge is 0.492 e. The van der Waals surface area contributed by atoms with Crippen molar-refractivity contribution in [3.05, 3.63) is 59.7 Å². The van der Waals surface area contributed by atoms with Crippen molar-refractivity contribution in [2.75, 3.05) is 23.7 Å². The molecule has 2 aromatic carbocycles. The van der Waals surface area contributed by atoms with Crippen LogP contribution in [-0.2, 0) is 26.2 Å². The lowest BCUT2D eigenvalue weighted by molar-refractivity contribution is -0.139. The summed E-state index contributed by atoms with van der Waals surface area (Å²) >= 11 is 0. The lowest BCUT2D eigenvalue weighted by atomic mass is 9.95. The second kappa shape index (κ2) is 12.9. The van der Waals surface area contributed by atoms with E-state index in [0.29, 0.717) is 12.4 Å². The van der Waals surface area contributed by atoms with Crippen molar-refractivity contribution in [2.45, 2.75) is 71.5 Å². The third-order valence-corrected chi connectivity index (χ3v) is 7.83. The second-order valence-electron chi connectivity index (χ2n) is 9.70. The van der Waals surface area contributed by atoms with Gasteiger partial charge in [0.1, 0.15) is 18.3 Å². The van der Waals surface area contributed by atoms with Crippen LogP contribution in [0.25, 0.3) is 0 Å². The molecular formula is C28H39N3O5S. The summed E-state index contributed by atoms with van der Waals surface area (Å²) in [6.07, 6.45) is 6.25. The Balaban J connectivity index is 1.89. The molecule has 1 aliphatic carbocycles. The fourth-order valence-corrected chi connectivity index (χ4v) is 5.43. The number of hydrogen-bond donors (Lipinski definition) is 1. The highest BCUT2D eigenvalue weighted by molar-refractivity contribution is 7.92. The first-order chi connectivity index (χ1) is 17.6. The average molecular weight is 530 g/mol. The van der Waals surface area contributed by atoms with Crippen molar-refractivity contribution in [2.24, 2.45) is 0 Å². The average Bonchev–Trinajstić information content (AvgIpc) is 2.87. The molecule has 0 unspecified atom stereocenters. The number of hydrogen-bond acceptors (Lipinski definition) is 5. The van der Waals surface area contributed by atoms with Gasteiger partial charge in [0, 0.05) is 12.6 Å². The van der Waals surface area contributed by atoms with Crippen molar-refractivity contribution in [1.82, 2.24) is 10.2 Å². The zero-order valence-corrected chi connectivity index (χ0v) is 23.1. The van der Waals surface area contributed by atoms with Gasteiger partial charge in [0.2, 0.25) is 21.8 Å². The third kappa shape index (κ3) is 7.95. The maximum absolute atomic E-state index is 13.8. The Morgan fingerprint density at radius 1 is 1.05 bits per heavy atom. The minimum absolute atomic E-state index is 0.102. The van der Waals surface area contributed by atoms with E-state index in [1.54, 1.807) is 31.2 Å². The Morgan fingerprint density at radius 2 is 1.70 bits per heavy atom. The minimum atomic E-state index is -3.83. The summed E-state index contributed by atoms with van der Waals surface area (Å²) in [5.74, 6) is -0.326. The molecule has 0 heterocycles. The van der Waals surface area contributed by atoms with Gasteiger partial charge in [0.25, 0.3) is 0 Å². The Bertz CT molecular complexity index is 1160. The highest BCUT2D eigenvalue weighted by atomic mass is 32.2. The molecule has 1 atom stereocenters.